The van der Waals surface area contributed by atoms with E-state index in [-0.39, 0.29) is 5.56 Å². The number of hydrogen-bond donors (Lipinski definition) is 2. The minimum absolute atomic E-state index is 0.197. The van der Waals surface area contributed by atoms with Gasteiger partial charge in [-0.2, -0.15) is 5.10 Å². The largest absolute Gasteiger partial charge is 0.321 e. The van der Waals surface area contributed by atoms with Crippen molar-refractivity contribution >= 4 is 34.0 Å². The molecule has 0 saturated heterocycles. The number of pyridine rings is 1. The summed E-state index contributed by atoms with van der Waals surface area (Å²) in [6.07, 6.45) is 1.49. The summed E-state index contributed by atoms with van der Waals surface area (Å²) in [6.45, 7) is 1.97. The van der Waals surface area contributed by atoms with E-state index in [0.717, 1.165) is 38.6 Å². The van der Waals surface area contributed by atoms with Crippen molar-refractivity contribution in [2.45, 2.75) is 6.92 Å². The van der Waals surface area contributed by atoms with Crippen LogP contribution in [0, 0.1) is 6.92 Å². The molecule has 3 aromatic carbocycles. The molecule has 31 heavy (non-hydrogen) atoms. The highest BCUT2D eigenvalue weighted by Crippen LogP contribution is 2.27. The van der Waals surface area contributed by atoms with Gasteiger partial charge in [0, 0.05) is 10.9 Å². The van der Waals surface area contributed by atoms with Gasteiger partial charge in [-0.1, -0.05) is 66.7 Å². The number of aromatic nitrogens is 3. The molecule has 6 heteroatoms. The molecule has 0 amide bonds. The Kier molecular flexibility index (Phi) is 4.72. The Bertz CT molecular complexity index is 1490. The predicted molar refractivity (Wildman–Crippen MR) is 125 cm³/mol. The molecule has 0 aliphatic carbocycles. The molecule has 0 atom stereocenters. The predicted octanol–water partition coefficient (Wildman–Crippen LogP) is 4.89. The molecule has 0 aliphatic rings. The number of nitrogens with zero attached hydrogens (tertiary/aromatic N) is 3. The van der Waals surface area contributed by atoms with Crippen LogP contribution in [0.5, 0.6) is 0 Å². The molecule has 2 heterocycles. The number of para-hydroxylation sites is 2. The molecule has 5 rings (SSSR count). The van der Waals surface area contributed by atoms with Crippen molar-refractivity contribution in [3.8, 4) is 11.3 Å². The topological polar surface area (TPSA) is 83.0 Å². The van der Waals surface area contributed by atoms with E-state index in [9.17, 15) is 4.79 Å². The molecule has 5 aromatic rings. The standard InChI is InChI=1S/C25H19N5O/c1-16-8-7-11-18-14-19(24(31)28-22(16)18)15-26-30-25-27-21-13-6-5-12-20(21)23(29-25)17-9-3-2-4-10-17/h2-15H,1H3,(H,28,31)(H,27,29,30). The minimum atomic E-state index is -0.197. The number of aromatic amines is 1. The maximum Gasteiger partial charge on any atom is 0.257 e. The first-order valence-electron chi connectivity index (χ1n) is 9.93. The Morgan fingerprint density at radius 2 is 1.74 bits per heavy atom. The van der Waals surface area contributed by atoms with Crippen LogP contribution in [0.25, 0.3) is 33.1 Å². The number of rotatable bonds is 4. The summed E-state index contributed by atoms with van der Waals surface area (Å²) >= 11 is 0. The van der Waals surface area contributed by atoms with E-state index in [1.807, 2.05) is 85.8 Å². The Labute approximate surface area is 178 Å². The number of fused-ring (bicyclic) bond motifs is 2. The normalized spacial score (nSPS) is 11.4. The molecule has 150 valence electrons. The second-order valence-corrected chi connectivity index (χ2v) is 7.24. The van der Waals surface area contributed by atoms with E-state index in [4.69, 9.17) is 0 Å². The van der Waals surface area contributed by atoms with E-state index < -0.39 is 0 Å². The summed E-state index contributed by atoms with van der Waals surface area (Å²) in [7, 11) is 0. The maximum atomic E-state index is 12.4. The third-order valence-corrected chi connectivity index (χ3v) is 5.14. The average Bonchev–Trinajstić information content (AvgIpc) is 2.80. The third-order valence-electron chi connectivity index (χ3n) is 5.14. The fourth-order valence-corrected chi connectivity index (χ4v) is 3.60. The van der Waals surface area contributed by atoms with Gasteiger partial charge in [0.2, 0.25) is 5.95 Å². The van der Waals surface area contributed by atoms with E-state index in [1.54, 1.807) is 0 Å². The van der Waals surface area contributed by atoms with E-state index in [2.05, 4.69) is 25.5 Å². The lowest BCUT2D eigenvalue weighted by molar-refractivity contribution is 1.15. The summed E-state index contributed by atoms with van der Waals surface area (Å²) in [4.78, 5) is 24.6. The van der Waals surface area contributed by atoms with Crippen molar-refractivity contribution < 1.29 is 0 Å². The quantitative estimate of drug-likeness (QED) is 0.329. The molecule has 2 aromatic heterocycles. The van der Waals surface area contributed by atoms with Gasteiger partial charge in [-0.3, -0.25) is 4.79 Å². The highest BCUT2D eigenvalue weighted by Gasteiger charge is 2.09. The molecule has 2 N–H and O–H groups in total. The number of anilines is 1. The van der Waals surface area contributed by atoms with Crippen LogP contribution >= 0.6 is 0 Å². The lowest BCUT2D eigenvalue weighted by Crippen LogP contribution is -2.12. The van der Waals surface area contributed by atoms with E-state index >= 15 is 0 Å². The lowest BCUT2D eigenvalue weighted by atomic mass is 10.1. The summed E-state index contributed by atoms with van der Waals surface area (Å²) in [5.41, 5.74) is 7.62. The number of hydrogen-bond acceptors (Lipinski definition) is 5. The van der Waals surface area contributed by atoms with Gasteiger partial charge in [0.25, 0.3) is 5.56 Å². The van der Waals surface area contributed by atoms with Crippen molar-refractivity contribution in [2.75, 3.05) is 5.43 Å². The second-order valence-electron chi connectivity index (χ2n) is 7.24. The highest BCUT2D eigenvalue weighted by molar-refractivity contribution is 5.93. The SMILES string of the molecule is Cc1cccc2cc(C=NNc3nc(-c4ccccc4)c4ccccc4n3)c(=O)[nH]c12. The van der Waals surface area contributed by atoms with E-state index in [1.165, 1.54) is 6.21 Å². The van der Waals surface area contributed by atoms with Gasteiger partial charge in [0.1, 0.15) is 0 Å². The molecule has 0 bridgehead atoms. The van der Waals surface area contributed by atoms with Crippen molar-refractivity contribution in [3.05, 3.63) is 100 Å². The summed E-state index contributed by atoms with van der Waals surface area (Å²) < 4.78 is 0. The van der Waals surface area contributed by atoms with Crippen LogP contribution in [0.2, 0.25) is 0 Å². The maximum absolute atomic E-state index is 12.4. The van der Waals surface area contributed by atoms with Crippen molar-refractivity contribution in [1.82, 2.24) is 15.0 Å². The Morgan fingerprint density at radius 1 is 0.935 bits per heavy atom. The monoisotopic (exact) mass is 405 g/mol. The fourth-order valence-electron chi connectivity index (χ4n) is 3.60. The van der Waals surface area contributed by atoms with E-state index in [0.29, 0.717) is 11.5 Å². The number of H-pyrrole nitrogens is 1. The van der Waals surface area contributed by atoms with Gasteiger partial charge in [0.15, 0.2) is 0 Å². The number of hydrazone groups is 1. The van der Waals surface area contributed by atoms with Crippen LogP contribution in [0.15, 0.2) is 88.8 Å². The van der Waals surface area contributed by atoms with Crippen LogP contribution in [-0.2, 0) is 0 Å². The van der Waals surface area contributed by atoms with Crippen LogP contribution < -0.4 is 11.0 Å². The first-order valence-corrected chi connectivity index (χ1v) is 9.93. The zero-order valence-electron chi connectivity index (χ0n) is 16.8. The summed E-state index contributed by atoms with van der Waals surface area (Å²) in [5.74, 6) is 0.363. The number of aryl methyl sites for hydroxylation is 1. The molecule has 0 aliphatic heterocycles. The zero-order chi connectivity index (χ0) is 21.2. The van der Waals surface area contributed by atoms with Gasteiger partial charge in [-0.05, 0) is 30.0 Å². The van der Waals surface area contributed by atoms with Crippen LogP contribution in [0.1, 0.15) is 11.1 Å². The van der Waals surface area contributed by atoms with Crippen LogP contribution in [-0.4, -0.2) is 21.2 Å². The summed E-state index contributed by atoms with van der Waals surface area (Å²) in [5, 5.41) is 6.14. The Morgan fingerprint density at radius 3 is 2.61 bits per heavy atom. The van der Waals surface area contributed by atoms with Gasteiger partial charge >= 0.3 is 0 Å². The average molecular weight is 405 g/mol. The van der Waals surface area contributed by atoms with Crippen LogP contribution in [0.4, 0.5) is 5.95 Å². The lowest BCUT2D eigenvalue weighted by Gasteiger charge is -2.08. The van der Waals surface area contributed by atoms with Crippen molar-refractivity contribution in [3.63, 3.8) is 0 Å². The first-order chi connectivity index (χ1) is 15.2. The summed E-state index contributed by atoms with van der Waals surface area (Å²) in [6, 6.07) is 25.5. The smallest absolute Gasteiger partial charge is 0.257 e. The molecule has 0 saturated carbocycles. The molecular formula is C25H19N5O. The minimum Gasteiger partial charge on any atom is -0.321 e. The second kappa shape index (κ2) is 7.84. The molecule has 0 fully saturated rings. The van der Waals surface area contributed by atoms with Crippen LogP contribution in [0.3, 0.4) is 0 Å². The molecule has 0 radical (unpaired) electrons. The van der Waals surface area contributed by atoms with Gasteiger partial charge in [-0.25, -0.2) is 15.4 Å². The third kappa shape index (κ3) is 3.67. The first kappa shape index (κ1) is 18.7. The highest BCUT2D eigenvalue weighted by atomic mass is 16.1. The van der Waals surface area contributed by atoms with Gasteiger partial charge < -0.3 is 4.98 Å². The van der Waals surface area contributed by atoms with Crippen molar-refractivity contribution in [1.29, 1.82) is 0 Å². The Hall–Kier alpha value is -4.32. The van der Waals surface area contributed by atoms with Gasteiger partial charge in [0.05, 0.1) is 28.5 Å². The molecule has 0 spiro atoms. The van der Waals surface area contributed by atoms with Crippen molar-refractivity contribution in [2.24, 2.45) is 5.10 Å². The Balaban J connectivity index is 1.50. The fraction of sp³-hybridized carbons (Fsp3) is 0.0400. The zero-order valence-corrected chi connectivity index (χ0v) is 16.8. The number of benzene rings is 3. The molecular weight excluding hydrogens is 386 g/mol. The van der Waals surface area contributed by atoms with Gasteiger partial charge in [-0.15, -0.1) is 0 Å². The molecule has 0 unspecified atom stereocenters. The number of nitrogens with one attached hydrogen (secondary N) is 2. The molecule has 6 nitrogen and oxygen atoms in total.